The van der Waals surface area contributed by atoms with E-state index in [-0.39, 0.29) is 29.2 Å². The molecule has 1 aliphatic carbocycles. The summed E-state index contributed by atoms with van der Waals surface area (Å²) in [6, 6.07) is 5.55. The van der Waals surface area contributed by atoms with E-state index in [0.717, 1.165) is 0 Å². The van der Waals surface area contributed by atoms with Crippen molar-refractivity contribution in [1.29, 1.82) is 0 Å². The van der Waals surface area contributed by atoms with Crippen LogP contribution in [0.3, 0.4) is 0 Å². The number of allylic oxidation sites excluding steroid dienone is 1. The Bertz CT molecular complexity index is 749. The first kappa shape index (κ1) is 17.8. The number of nitro benzene ring substituents is 1. The number of aliphatic hydroxyl groups excluding tert-OH is 1. The summed E-state index contributed by atoms with van der Waals surface area (Å²) in [4.78, 5) is 34.7. The van der Waals surface area contributed by atoms with Gasteiger partial charge in [-0.1, -0.05) is 12.1 Å². The van der Waals surface area contributed by atoms with E-state index in [9.17, 15) is 29.9 Å². The zero-order valence-electron chi connectivity index (χ0n) is 13.6. The van der Waals surface area contributed by atoms with Gasteiger partial charge >= 0.3 is 0 Å². The molecular weight excluding hydrogens is 314 g/mol. The average Bonchev–Trinajstić information content (AvgIpc) is 2.44. The van der Waals surface area contributed by atoms with Crippen molar-refractivity contribution in [1.82, 2.24) is 0 Å². The van der Waals surface area contributed by atoms with Crippen LogP contribution in [0.5, 0.6) is 0 Å². The molecule has 7 nitrogen and oxygen atoms in total. The predicted octanol–water partition coefficient (Wildman–Crippen LogP) is 2.44. The van der Waals surface area contributed by atoms with Gasteiger partial charge < -0.3 is 10.2 Å². The summed E-state index contributed by atoms with van der Waals surface area (Å²) < 4.78 is 0. The molecule has 0 bridgehead atoms. The highest BCUT2D eigenvalue weighted by Gasteiger charge is 2.49. The number of nitrogens with zero attached hydrogens (tertiary/aromatic N) is 1. The number of hydrogen-bond donors (Lipinski definition) is 2. The standard InChI is InChI=1S/C17H19NO6/c1-9(19)14-13(21)8-17(3,22)16(10(2)20)15(14)11-5-4-6-12(7-11)18(23)24/h4-7,15-16,21-22H,8H2,1-3H3/t15-,16+,17+/m0/s1. The molecule has 7 heteroatoms. The fourth-order valence-electron chi connectivity index (χ4n) is 3.54. The summed E-state index contributed by atoms with van der Waals surface area (Å²) in [5, 5.41) is 31.9. The van der Waals surface area contributed by atoms with Crippen LogP contribution in [0.25, 0.3) is 0 Å². The summed E-state index contributed by atoms with van der Waals surface area (Å²) in [6.07, 6.45) is -0.225. The lowest BCUT2D eigenvalue weighted by molar-refractivity contribution is -0.384. The van der Waals surface area contributed by atoms with Gasteiger partial charge in [0.05, 0.1) is 16.4 Å². The first-order valence-corrected chi connectivity index (χ1v) is 7.46. The first-order valence-electron chi connectivity index (χ1n) is 7.46. The Kier molecular flexibility index (Phi) is 4.57. The van der Waals surface area contributed by atoms with Gasteiger partial charge in [-0.05, 0) is 26.3 Å². The van der Waals surface area contributed by atoms with E-state index >= 15 is 0 Å². The van der Waals surface area contributed by atoms with Crippen LogP contribution >= 0.6 is 0 Å². The second kappa shape index (κ2) is 6.16. The number of carbonyl (C=O) groups excluding carboxylic acids is 2. The molecule has 0 saturated heterocycles. The summed E-state index contributed by atoms with van der Waals surface area (Å²) in [7, 11) is 0. The molecule has 0 aliphatic heterocycles. The highest BCUT2D eigenvalue weighted by molar-refractivity contribution is 5.97. The number of Topliss-reactive ketones (excluding diaryl/α,β-unsaturated/α-hetero) is 2. The Labute approximate surface area is 138 Å². The van der Waals surface area contributed by atoms with Gasteiger partial charge in [0.1, 0.15) is 11.5 Å². The highest BCUT2D eigenvalue weighted by Crippen LogP contribution is 2.47. The molecule has 1 aliphatic rings. The minimum absolute atomic E-state index is 0.0159. The second-order valence-corrected chi connectivity index (χ2v) is 6.37. The van der Waals surface area contributed by atoms with Crippen LogP contribution in [0.4, 0.5) is 5.69 Å². The maximum atomic E-state index is 12.2. The molecule has 3 atom stereocenters. The van der Waals surface area contributed by atoms with Crippen molar-refractivity contribution in [3.63, 3.8) is 0 Å². The Hall–Kier alpha value is -2.54. The molecule has 0 fully saturated rings. The highest BCUT2D eigenvalue weighted by atomic mass is 16.6. The van der Waals surface area contributed by atoms with E-state index < -0.39 is 28.1 Å². The first-order chi connectivity index (χ1) is 11.1. The quantitative estimate of drug-likeness (QED) is 0.645. The minimum Gasteiger partial charge on any atom is -0.512 e. The van der Waals surface area contributed by atoms with Crippen molar-refractivity contribution in [2.75, 3.05) is 0 Å². The Morgan fingerprint density at radius 1 is 1.33 bits per heavy atom. The molecule has 2 rings (SSSR count). The van der Waals surface area contributed by atoms with Crippen LogP contribution in [-0.4, -0.2) is 32.3 Å². The van der Waals surface area contributed by atoms with Crippen LogP contribution in [-0.2, 0) is 9.59 Å². The Balaban J connectivity index is 2.73. The van der Waals surface area contributed by atoms with Crippen LogP contribution in [0.15, 0.2) is 35.6 Å². The van der Waals surface area contributed by atoms with Crippen molar-refractivity contribution in [2.45, 2.75) is 38.7 Å². The van der Waals surface area contributed by atoms with Crippen LogP contribution in [0.1, 0.15) is 38.7 Å². The molecule has 128 valence electrons. The largest absolute Gasteiger partial charge is 0.512 e. The van der Waals surface area contributed by atoms with Crippen molar-refractivity contribution >= 4 is 17.3 Å². The van der Waals surface area contributed by atoms with Crippen molar-refractivity contribution in [3.05, 3.63) is 51.3 Å². The molecule has 1 aromatic rings. The Morgan fingerprint density at radius 2 is 1.96 bits per heavy atom. The summed E-state index contributed by atoms with van der Waals surface area (Å²) in [5.74, 6) is -3.02. The molecule has 0 aromatic heterocycles. The third-order valence-corrected chi connectivity index (χ3v) is 4.41. The fourth-order valence-corrected chi connectivity index (χ4v) is 3.54. The predicted molar refractivity (Wildman–Crippen MR) is 85.6 cm³/mol. The molecule has 0 amide bonds. The second-order valence-electron chi connectivity index (χ2n) is 6.37. The lowest BCUT2D eigenvalue weighted by Gasteiger charge is -2.41. The van der Waals surface area contributed by atoms with Gasteiger partial charge in [-0.2, -0.15) is 0 Å². The topological polar surface area (TPSA) is 118 Å². The molecule has 1 aromatic carbocycles. The number of hydrogen-bond acceptors (Lipinski definition) is 6. The SMILES string of the molecule is CC(=O)C1=C(O)C[C@@](C)(O)[C@H](C(C)=O)[C@H]1c1cccc([N+](=O)[O-])c1. The third-order valence-electron chi connectivity index (χ3n) is 4.41. The van der Waals surface area contributed by atoms with Gasteiger partial charge in [0.15, 0.2) is 5.78 Å². The number of nitro groups is 1. The van der Waals surface area contributed by atoms with Gasteiger partial charge in [-0.3, -0.25) is 19.7 Å². The van der Waals surface area contributed by atoms with E-state index in [1.54, 1.807) is 6.07 Å². The van der Waals surface area contributed by atoms with Gasteiger partial charge in [0.25, 0.3) is 5.69 Å². The van der Waals surface area contributed by atoms with Crippen molar-refractivity contribution < 1.29 is 24.7 Å². The van der Waals surface area contributed by atoms with E-state index in [1.165, 1.54) is 39.0 Å². The van der Waals surface area contributed by atoms with E-state index in [2.05, 4.69) is 0 Å². The van der Waals surface area contributed by atoms with Crippen LogP contribution < -0.4 is 0 Å². The molecule has 0 saturated carbocycles. The smallest absolute Gasteiger partial charge is 0.269 e. The van der Waals surface area contributed by atoms with Gasteiger partial charge in [-0.25, -0.2) is 0 Å². The monoisotopic (exact) mass is 333 g/mol. The van der Waals surface area contributed by atoms with E-state index in [4.69, 9.17) is 0 Å². The number of aliphatic hydroxyl groups is 2. The zero-order valence-corrected chi connectivity index (χ0v) is 13.6. The van der Waals surface area contributed by atoms with Crippen LogP contribution in [0, 0.1) is 16.0 Å². The normalized spacial score (nSPS) is 27.0. The molecule has 0 unspecified atom stereocenters. The molecule has 24 heavy (non-hydrogen) atoms. The molecule has 0 radical (unpaired) electrons. The summed E-state index contributed by atoms with van der Waals surface area (Å²) >= 11 is 0. The summed E-state index contributed by atoms with van der Waals surface area (Å²) in [6.45, 7) is 3.97. The van der Waals surface area contributed by atoms with Crippen molar-refractivity contribution in [3.8, 4) is 0 Å². The molecule has 0 heterocycles. The molecular formula is C17H19NO6. The zero-order chi connectivity index (χ0) is 18.2. The van der Waals surface area contributed by atoms with Gasteiger partial charge in [-0.15, -0.1) is 0 Å². The Morgan fingerprint density at radius 3 is 2.46 bits per heavy atom. The van der Waals surface area contributed by atoms with Crippen LogP contribution in [0.2, 0.25) is 0 Å². The number of ketones is 2. The third kappa shape index (κ3) is 3.07. The maximum absolute atomic E-state index is 12.2. The fraction of sp³-hybridized carbons (Fsp3) is 0.412. The van der Waals surface area contributed by atoms with Gasteiger partial charge in [0, 0.05) is 30.0 Å². The summed E-state index contributed by atoms with van der Waals surface area (Å²) in [5.41, 5.74) is -1.41. The van der Waals surface area contributed by atoms with Gasteiger partial charge in [0.2, 0.25) is 0 Å². The van der Waals surface area contributed by atoms with Crippen molar-refractivity contribution in [2.24, 2.45) is 5.92 Å². The maximum Gasteiger partial charge on any atom is 0.269 e. The average molecular weight is 333 g/mol. The minimum atomic E-state index is -1.57. The molecule has 0 spiro atoms. The number of benzene rings is 1. The lowest BCUT2D eigenvalue weighted by atomic mass is 9.64. The molecule has 2 N–H and O–H groups in total. The number of rotatable bonds is 4. The lowest BCUT2D eigenvalue weighted by Crippen LogP contribution is -2.47. The van der Waals surface area contributed by atoms with E-state index in [0.29, 0.717) is 5.56 Å². The number of carbonyl (C=O) groups is 2. The van der Waals surface area contributed by atoms with E-state index in [1.807, 2.05) is 0 Å². The number of non-ortho nitro benzene ring substituents is 1.